The molecule has 520 valence electrons. The number of amides is 2. The lowest BCUT2D eigenvalue weighted by Crippen LogP contribution is -2.49. The van der Waals surface area contributed by atoms with Crippen molar-refractivity contribution in [3.63, 3.8) is 0 Å². The second kappa shape index (κ2) is 32.6. The molecule has 1 unspecified atom stereocenters. The Morgan fingerprint density at radius 1 is 0.561 bits per heavy atom. The summed E-state index contributed by atoms with van der Waals surface area (Å²) in [4.78, 5) is 79.6. The standard InChI is InChI=1S/C66H77N10O20PSi/c1-13-31-84-61(77)73-55-49-57(69-38-67-55)75(40-71-49)59-53(94-64(80)87-34-16-4)51(93-63(79)86-33-15-3)48(92-59)37-90-97(81,89-35-17-5)95-52-47(36-88-66(42-21-19-18-20-22-42,43-23-27-45(82-9)28-24-43)44-25-29-46(83-10)30-26-44)91-60(54(52)96-98(11,12)65(6,7)8)76-41-72-50-56(68-39-70-58(50)76)74-62(78)85-32-14-2/h13-30,38-41,47-48,51-54,59-60H,1-5,31-37H2,6-12H3,(H,67,69,73,77)(H,68,70,74,78)/t47-,48-,51-,52-,53-,54-,59-,60-,97?/m1/s1. The van der Waals surface area contributed by atoms with Crippen LogP contribution in [0.25, 0.3) is 22.3 Å². The molecule has 2 aliphatic heterocycles. The Morgan fingerprint density at radius 2 is 1.01 bits per heavy atom. The van der Waals surface area contributed by atoms with E-state index in [0.717, 1.165) is 6.33 Å². The highest BCUT2D eigenvalue weighted by Crippen LogP contribution is 2.56. The Hall–Kier alpha value is -9.69. The Balaban J connectivity index is 1.18. The number of nitrogens with zero attached hydrogens (tertiary/aromatic N) is 8. The fourth-order valence-corrected chi connectivity index (χ4v) is 13.0. The van der Waals surface area contributed by atoms with Crippen LogP contribution in [0.2, 0.25) is 18.1 Å². The van der Waals surface area contributed by atoms with E-state index in [-0.39, 0.29) is 67.0 Å². The van der Waals surface area contributed by atoms with Crippen LogP contribution in [0.5, 0.6) is 11.5 Å². The second-order valence-corrected chi connectivity index (χ2v) is 29.5. The van der Waals surface area contributed by atoms with Crippen LogP contribution >= 0.6 is 7.82 Å². The summed E-state index contributed by atoms with van der Waals surface area (Å²) in [6.07, 6.45) is -4.66. The van der Waals surface area contributed by atoms with E-state index in [1.54, 1.807) is 43.1 Å². The summed E-state index contributed by atoms with van der Waals surface area (Å²) in [5.74, 6) is 1.04. The van der Waals surface area contributed by atoms with Gasteiger partial charge in [-0.15, -0.1) is 6.58 Å². The molecule has 2 saturated heterocycles. The first-order chi connectivity index (χ1) is 47.1. The van der Waals surface area contributed by atoms with Crippen LogP contribution in [0, 0.1) is 0 Å². The van der Waals surface area contributed by atoms with E-state index in [2.05, 4.69) is 73.4 Å². The van der Waals surface area contributed by atoms with Crippen LogP contribution in [-0.2, 0) is 70.8 Å². The van der Waals surface area contributed by atoms with Crippen molar-refractivity contribution in [3.8, 4) is 11.5 Å². The van der Waals surface area contributed by atoms with Gasteiger partial charge in [0, 0.05) is 0 Å². The van der Waals surface area contributed by atoms with Crippen LogP contribution in [0.3, 0.4) is 0 Å². The van der Waals surface area contributed by atoms with Crippen LogP contribution in [0.4, 0.5) is 30.8 Å². The van der Waals surface area contributed by atoms with Crippen molar-refractivity contribution in [2.45, 2.75) is 93.6 Å². The van der Waals surface area contributed by atoms with Gasteiger partial charge in [-0.25, -0.2) is 53.6 Å². The average Bonchev–Trinajstić information content (AvgIpc) is 1.34. The fraction of sp³-hybridized carbons (Fsp3) is 0.364. The molecule has 4 aromatic heterocycles. The van der Waals surface area contributed by atoms with Crippen LogP contribution < -0.4 is 20.1 Å². The number of fused-ring (bicyclic) bond motifs is 2. The quantitative estimate of drug-likeness (QED) is 0.00988. The number of hydrogen-bond donors (Lipinski definition) is 2. The molecule has 9 rings (SSSR count). The number of phosphoric acid groups is 1. The van der Waals surface area contributed by atoms with E-state index < -0.39 is 114 Å². The highest BCUT2D eigenvalue weighted by molar-refractivity contribution is 7.48. The van der Waals surface area contributed by atoms with Gasteiger partial charge in [0.2, 0.25) is 0 Å². The average molecular weight is 1390 g/mol. The molecular formula is C66H77N10O20PSi. The molecule has 9 atom stereocenters. The topological polar surface area (TPSA) is 335 Å². The van der Waals surface area contributed by atoms with Crippen molar-refractivity contribution in [3.05, 3.63) is 184 Å². The molecule has 32 heteroatoms. The van der Waals surface area contributed by atoms with Gasteiger partial charge in [-0.3, -0.25) is 33.3 Å². The molecule has 3 aromatic carbocycles. The van der Waals surface area contributed by atoms with Crippen LogP contribution in [0.1, 0.15) is 49.9 Å². The zero-order valence-corrected chi connectivity index (χ0v) is 56.9. The van der Waals surface area contributed by atoms with E-state index in [4.69, 9.17) is 70.1 Å². The molecule has 0 saturated carbocycles. The molecule has 2 N–H and O–H groups in total. The summed E-state index contributed by atoms with van der Waals surface area (Å²) in [7, 11) is -5.12. The highest BCUT2D eigenvalue weighted by atomic mass is 31.2. The number of benzene rings is 3. The minimum Gasteiger partial charge on any atom is -0.497 e. The Labute approximate surface area is 565 Å². The number of carbonyl (C=O) groups is 4. The molecule has 2 amide bonds. The molecule has 2 aliphatic rings. The predicted molar refractivity (Wildman–Crippen MR) is 357 cm³/mol. The maximum absolute atomic E-state index is 16.3. The maximum atomic E-state index is 16.3. The van der Waals surface area contributed by atoms with Gasteiger partial charge in [-0.1, -0.05) is 132 Å². The molecule has 0 bridgehead atoms. The van der Waals surface area contributed by atoms with Gasteiger partial charge in [0.15, 0.2) is 66.9 Å². The monoisotopic (exact) mass is 1390 g/mol. The zero-order valence-electron chi connectivity index (χ0n) is 55.0. The number of nitrogens with one attached hydrogen (secondary N) is 2. The number of methoxy groups -OCH3 is 2. The van der Waals surface area contributed by atoms with Crippen molar-refractivity contribution in [2.75, 3.05) is 71.1 Å². The van der Waals surface area contributed by atoms with Crippen molar-refractivity contribution in [1.29, 1.82) is 0 Å². The summed E-state index contributed by atoms with van der Waals surface area (Å²) in [6.45, 7) is 25.8. The molecule has 6 heterocycles. The smallest absolute Gasteiger partial charge is 0.497 e. The first kappa shape index (κ1) is 72.6. The lowest BCUT2D eigenvalue weighted by molar-refractivity contribution is -0.0954. The van der Waals surface area contributed by atoms with Gasteiger partial charge >= 0.3 is 32.3 Å². The predicted octanol–water partition coefficient (Wildman–Crippen LogP) is 11.5. The lowest BCUT2D eigenvalue weighted by atomic mass is 9.80. The number of ether oxygens (including phenoxy) is 11. The number of rotatable bonds is 32. The number of carbonyl (C=O) groups excluding carboxylic acids is 4. The third-order valence-corrected chi connectivity index (χ3v) is 21.8. The minimum atomic E-state index is -5.17. The van der Waals surface area contributed by atoms with Crippen LogP contribution in [-0.4, -0.2) is 169 Å². The summed E-state index contributed by atoms with van der Waals surface area (Å²) in [6, 6.07) is 24.2. The van der Waals surface area contributed by atoms with E-state index in [1.165, 1.54) is 53.9 Å². The molecular weight excluding hydrogens is 1310 g/mol. The summed E-state index contributed by atoms with van der Waals surface area (Å²) in [5, 5.41) is 4.61. The van der Waals surface area contributed by atoms with Crippen molar-refractivity contribution >= 4 is 74.6 Å². The summed E-state index contributed by atoms with van der Waals surface area (Å²) < 4.78 is 111. The third-order valence-electron chi connectivity index (χ3n) is 15.9. The zero-order chi connectivity index (χ0) is 70.2. The van der Waals surface area contributed by atoms with E-state index in [0.29, 0.717) is 28.2 Å². The van der Waals surface area contributed by atoms with E-state index in [1.807, 2.05) is 88.5 Å². The van der Waals surface area contributed by atoms with Crippen LogP contribution in [0.15, 0.2) is 167 Å². The van der Waals surface area contributed by atoms with Gasteiger partial charge < -0.3 is 56.5 Å². The number of phosphoric ester groups is 1. The maximum Gasteiger partial charge on any atom is 0.509 e. The Morgan fingerprint density at radius 3 is 1.48 bits per heavy atom. The number of anilines is 2. The van der Waals surface area contributed by atoms with Crippen molar-refractivity contribution in [2.24, 2.45) is 0 Å². The van der Waals surface area contributed by atoms with E-state index in [9.17, 15) is 19.2 Å². The molecule has 0 radical (unpaired) electrons. The molecule has 2 fully saturated rings. The van der Waals surface area contributed by atoms with Gasteiger partial charge in [0.05, 0.1) is 46.7 Å². The fourth-order valence-electron chi connectivity index (χ4n) is 10.3. The van der Waals surface area contributed by atoms with E-state index >= 15 is 4.57 Å². The Bertz CT molecular complexity index is 3960. The second-order valence-electron chi connectivity index (χ2n) is 23.2. The van der Waals surface area contributed by atoms with Gasteiger partial charge in [0.1, 0.15) is 80.6 Å². The lowest BCUT2D eigenvalue weighted by Gasteiger charge is -2.41. The number of hydrogen-bond acceptors (Lipinski definition) is 26. The molecule has 7 aromatic rings. The highest BCUT2D eigenvalue weighted by Gasteiger charge is 2.57. The largest absolute Gasteiger partial charge is 0.509 e. The molecule has 0 aliphatic carbocycles. The normalized spacial score (nSPS) is 19.9. The molecule has 98 heavy (non-hydrogen) atoms. The van der Waals surface area contributed by atoms with Crippen molar-refractivity contribution in [1.82, 2.24) is 39.0 Å². The van der Waals surface area contributed by atoms with Gasteiger partial charge in [0.25, 0.3) is 0 Å². The number of aromatic nitrogens is 8. The first-order valence-electron chi connectivity index (χ1n) is 30.6. The Kier molecular flexibility index (Phi) is 24.1. The van der Waals surface area contributed by atoms with Gasteiger partial charge in [-0.2, -0.15) is 0 Å². The first-order valence-corrected chi connectivity index (χ1v) is 35.0. The van der Waals surface area contributed by atoms with Crippen molar-refractivity contribution < 1.29 is 93.8 Å². The minimum absolute atomic E-state index is 0.00215. The molecule has 0 spiro atoms. The summed E-state index contributed by atoms with van der Waals surface area (Å²) in [5.41, 5.74) is 0.774. The third kappa shape index (κ3) is 16.6. The number of imidazole rings is 2. The molecule has 30 nitrogen and oxygen atoms in total. The summed E-state index contributed by atoms with van der Waals surface area (Å²) >= 11 is 0. The van der Waals surface area contributed by atoms with Gasteiger partial charge in [-0.05, 0) is 59.1 Å². The SMILES string of the molecule is C=CCOC(=O)Nc1ncnc2c1ncn2[C@@H]1O[C@H](COP(=O)(OCC=C)O[C@H]2[C@@H](O[Si](C)(C)C(C)(C)C)[C@H](n3cnc4c(NC(=O)OCC=C)ncnc43)O[C@@H]2COC(c2ccccc2)(c2ccc(OC)cc2)c2ccc(OC)cc2)[C@@H](OC(=O)OCC=C)[C@H]1OC(=O)OCC=C.